The van der Waals surface area contributed by atoms with Crippen LogP contribution in [0.2, 0.25) is 0 Å². The SMILES string of the molecule is CNC(=O)C(C)(C)CNC(=O)C(C(N)=S)C(C)C. The molecule has 0 aromatic rings. The molecule has 0 aliphatic rings. The minimum absolute atomic E-state index is 0.0330. The van der Waals surface area contributed by atoms with Crippen LogP contribution in [-0.4, -0.2) is 30.4 Å². The van der Waals surface area contributed by atoms with Crippen LogP contribution in [0.4, 0.5) is 0 Å². The van der Waals surface area contributed by atoms with Crippen LogP contribution in [0.25, 0.3) is 0 Å². The van der Waals surface area contributed by atoms with Crippen LogP contribution >= 0.6 is 12.2 Å². The lowest BCUT2D eigenvalue weighted by molar-refractivity contribution is -0.130. The van der Waals surface area contributed by atoms with Crippen LogP contribution in [0.1, 0.15) is 27.7 Å². The maximum atomic E-state index is 12.0. The van der Waals surface area contributed by atoms with Crippen molar-refractivity contribution in [3.63, 3.8) is 0 Å². The zero-order valence-electron chi connectivity index (χ0n) is 11.7. The van der Waals surface area contributed by atoms with Gasteiger partial charge in [-0.2, -0.15) is 0 Å². The predicted octanol–water partition coefficient (Wildman–Crippen LogP) is 0.433. The molecule has 0 aromatic carbocycles. The van der Waals surface area contributed by atoms with Crippen molar-refractivity contribution in [1.29, 1.82) is 0 Å². The molecule has 0 saturated carbocycles. The molecule has 0 aliphatic carbocycles. The molecule has 1 atom stereocenters. The van der Waals surface area contributed by atoms with E-state index in [1.165, 1.54) is 0 Å². The van der Waals surface area contributed by atoms with Gasteiger partial charge in [-0.3, -0.25) is 9.59 Å². The first-order chi connectivity index (χ1) is 8.13. The summed E-state index contributed by atoms with van der Waals surface area (Å²) in [5.41, 5.74) is 4.89. The second-order valence-corrected chi connectivity index (χ2v) is 5.78. The summed E-state index contributed by atoms with van der Waals surface area (Å²) in [5.74, 6) is -0.820. The topological polar surface area (TPSA) is 84.2 Å². The quantitative estimate of drug-likeness (QED) is 0.613. The second kappa shape index (κ2) is 6.68. The molecule has 5 nitrogen and oxygen atoms in total. The summed E-state index contributed by atoms with van der Waals surface area (Å²) in [4.78, 5) is 23.7. The average molecular weight is 273 g/mol. The Hall–Kier alpha value is -1.17. The molecule has 0 aromatic heterocycles. The smallest absolute Gasteiger partial charge is 0.230 e. The average Bonchev–Trinajstić information content (AvgIpc) is 2.24. The van der Waals surface area contributed by atoms with E-state index >= 15 is 0 Å². The van der Waals surface area contributed by atoms with E-state index in [2.05, 4.69) is 10.6 Å². The van der Waals surface area contributed by atoms with Crippen molar-refractivity contribution in [2.45, 2.75) is 27.7 Å². The van der Waals surface area contributed by atoms with Gasteiger partial charge in [0.1, 0.15) is 0 Å². The van der Waals surface area contributed by atoms with Gasteiger partial charge in [0.2, 0.25) is 11.8 Å². The summed E-state index contributed by atoms with van der Waals surface area (Å²) in [5, 5.41) is 5.30. The van der Waals surface area contributed by atoms with Gasteiger partial charge in [-0.15, -0.1) is 0 Å². The van der Waals surface area contributed by atoms with Gasteiger partial charge < -0.3 is 16.4 Å². The lowest BCUT2D eigenvalue weighted by Crippen LogP contribution is -2.47. The van der Waals surface area contributed by atoms with Gasteiger partial charge in [0.15, 0.2) is 0 Å². The molecule has 0 rings (SSSR count). The van der Waals surface area contributed by atoms with E-state index < -0.39 is 11.3 Å². The van der Waals surface area contributed by atoms with Crippen molar-refractivity contribution in [1.82, 2.24) is 10.6 Å². The first-order valence-corrected chi connectivity index (χ1v) is 6.33. The van der Waals surface area contributed by atoms with Gasteiger partial charge in [0.05, 0.1) is 16.3 Å². The summed E-state index contributed by atoms with van der Waals surface area (Å²) in [6.45, 7) is 7.53. The molecule has 0 heterocycles. The number of thiocarbonyl (C=S) groups is 1. The third kappa shape index (κ3) is 4.60. The Morgan fingerprint density at radius 2 is 1.83 bits per heavy atom. The van der Waals surface area contributed by atoms with Crippen LogP contribution in [0.3, 0.4) is 0 Å². The van der Waals surface area contributed by atoms with Crippen molar-refractivity contribution in [2.75, 3.05) is 13.6 Å². The van der Waals surface area contributed by atoms with Crippen molar-refractivity contribution in [3.8, 4) is 0 Å². The molecule has 18 heavy (non-hydrogen) atoms. The third-order valence-corrected chi connectivity index (χ3v) is 3.06. The predicted molar refractivity (Wildman–Crippen MR) is 76.0 cm³/mol. The summed E-state index contributed by atoms with van der Waals surface area (Å²) in [6.07, 6.45) is 0. The van der Waals surface area contributed by atoms with E-state index in [4.69, 9.17) is 18.0 Å². The maximum absolute atomic E-state index is 12.0. The Kier molecular flexibility index (Phi) is 6.25. The Balaban J connectivity index is 4.59. The van der Waals surface area contributed by atoms with Crippen LogP contribution in [0, 0.1) is 17.3 Å². The minimum atomic E-state index is -0.665. The monoisotopic (exact) mass is 273 g/mol. The number of carbonyl (C=O) groups is 2. The maximum Gasteiger partial charge on any atom is 0.230 e. The molecule has 0 bridgehead atoms. The van der Waals surface area contributed by atoms with Gasteiger partial charge in [-0.25, -0.2) is 0 Å². The lowest BCUT2D eigenvalue weighted by Gasteiger charge is -2.25. The summed E-state index contributed by atoms with van der Waals surface area (Å²) >= 11 is 4.89. The summed E-state index contributed by atoms with van der Waals surface area (Å²) in [6, 6.07) is 0. The number of rotatable bonds is 6. The van der Waals surface area contributed by atoms with Crippen LogP contribution in [0.15, 0.2) is 0 Å². The molecule has 104 valence electrons. The molecule has 0 fully saturated rings. The minimum Gasteiger partial charge on any atom is -0.393 e. The molecule has 1 unspecified atom stereocenters. The zero-order chi connectivity index (χ0) is 14.5. The van der Waals surface area contributed by atoms with Crippen molar-refractivity contribution in [2.24, 2.45) is 23.0 Å². The molecule has 0 saturated heterocycles. The Bertz CT molecular complexity index is 340. The van der Waals surface area contributed by atoms with E-state index in [1.807, 2.05) is 13.8 Å². The Labute approximate surface area is 114 Å². The van der Waals surface area contributed by atoms with Gasteiger partial charge in [0.25, 0.3) is 0 Å². The number of nitrogens with two attached hydrogens (primary N) is 1. The second-order valence-electron chi connectivity index (χ2n) is 5.30. The largest absolute Gasteiger partial charge is 0.393 e. The standard InChI is InChI=1S/C12H23N3O2S/c1-7(2)8(9(13)18)10(16)15-6-12(3,4)11(17)14-5/h7-8H,6H2,1-5H3,(H2,13,18)(H,14,17)(H,15,16). The third-order valence-electron chi connectivity index (χ3n) is 2.80. The van der Waals surface area contributed by atoms with Gasteiger partial charge in [0, 0.05) is 13.6 Å². The highest BCUT2D eigenvalue weighted by Crippen LogP contribution is 2.15. The number of nitrogens with one attached hydrogen (secondary N) is 2. The first kappa shape index (κ1) is 16.8. The van der Waals surface area contributed by atoms with Gasteiger partial charge >= 0.3 is 0 Å². The summed E-state index contributed by atoms with van der Waals surface area (Å²) in [7, 11) is 1.57. The highest BCUT2D eigenvalue weighted by molar-refractivity contribution is 7.80. The Morgan fingerprint density at radius 3 is 2.17 bits per heavy atom. The van der Waals surface area contributed by atoms with E-state index in [9.17, 15) is 9.59 Å². The molecular formula is C12H23N3O2S. The molecule has 4 N–H and O–H groups in total. The fraction of sp³-hybridized carbons (Fsp3) is 0.750. The van der Waals surface area contributed by atoms with Crippen molar-refractivity contribution in [3.05, 3.63) is 0 Å². The first-order valence-electron chi connectivity index (χ1n) is 5.92. The number of hydrogen-bond donors (Lipinski definition) is 3. The van der Waals surface area contributed by atoms with Gasteiger partial charge in [-0.1, -0.05) is 26.1 Å². The number of carbonyl (C=O) groups excluding carboxylic acids is 2. The normalized spacial score (nSPS) is 13.0. The van der Waals surface area contributed by atoms with Crippen LogP contribution < -0.4 is 16.4 Å². The number of amides is 2. The Morgan fingerprint density at radius 1 is 1.33 bits per heavy atom. The van der Waals surface area contributed by atoms with E-state index in [1.54, 1.807) is 20.9 Å². The van der Waals surface area contributed by atoms with Crippen LogP contribution in [0.5, 0.6) is 0 Å². The molecule has 0 aliphatic heterocycles. The van der Waals surface area contributed by atoms with Crippen molar-refractivity contribution >= 4 is 29.0 Å². The van der Waals surface area contributed by atoms with E-state index in [-0.39, 0.29) is 29.3 Å². The van der Waals surface area contributed by atoms with Crippen LogP contribution in [-0.2, 0) is 9.59 Å². The van der Waals surface area contributed by atoms with E-state index in [0.29, 0.717) is 0 Å². The van der Waals surface area contributed by atoms with Gasteiger partial charge in [-0.05, 0) is 19.8 Å². The van der Waals surface area contributed by atoms with E-state index in [0.717, 1.165) is 0 Å². The molecule has 0 spiro atoms. The van der Waals surface area contributed by atoms with Crippen molar-refractivity contribution < 1.29 is 9.59 Å². The highest BCUT2D eigenvalue weighted by atomic mass is 32.1. The molecule has 2 amide bonds. The molecule has 0 radical (unpaired) electrons. The molecular weight excluding hydrogens is 250 g/mol. The zero-order valence-corrected chi connectivity index (χ0v) is 12.5. The lowest BCUT2D eigenvalue weighted by atomic mass is 9.90. The fourth-order valence-electron chi connectivity index (χ4n) is 1.60. The molecule has 6 heteroatoms. The fourth-order valence-corrected chi connectivity index (χ4v) is 1.98. The highest BCUT2D eigenvalue weighted by Gasteiger charge is 2.30. The summed E-state index contributed by atoms with van der Waals surface area (Å²) < 4.78 is 0. The number of hydrogen-bond acceptors (Lipinski definition) is 3.